The van der Waals surface area contributed by atoms with E-state index in [2.05, 4.69) is 5.43 Å². The van der Waals surface area contributed by atoms with Gasteiger partial charge in [-0.3, -0.25) is 11.3 Å². The van der Waals surface area contributed by atoms with Gasteiger partial charge in [0.25, 0.3) is 0 Å². The lowest BCUT2D eigenvalue weighted by atomic mass is 9.92. The molecule has 0 heterocycles. The normalized spacial score (nSPS) is 13.9. The van der Waals surface area contributed by atoms with Crippen molar-refractivity contribution in [3.8, 4) is 0 Å². The summed E-state index contributed by atoms with van der Waals surface area (Å²) in [6, 6.07) is 5.25. The van der Waals surface area contributed by atoms with Gasteiger partial charge >= 0.3 is 0 Å². The van der Waals surface area contributed by atoms with Crippen LogP contribution in [0, 0.1) is 0 Å². The van der Waals surface area contributed by atoms with Crippen molar-refractivity contribution in [3.63, 3.8) is 0 Å². The van der Waals surface area contributed by atoms with Crippen molar-refractivity contribution >= 4 is 23.2 Å². The highest BCUT2D eigenvalue weighted by molar-refractivity contribution is 6.42. The second kappa shape index (κ2) is 5.34. The zero-order valence-electron chi connectivity index (χ0n) is 9.55. The van der Waals surface area contributed by atoms with E-state index in [9.17, 15) is 0 Å². The number of halogens is 2. The average Bonchev–Trinajstić information content (AvgIpc) is 2.24. The van der Waals surface area contributed by atoms with Gasteiger partial charge < -0.3 is 4.74 Å². The fourth-order valence-corrected chi connectivity index (χ4v) is 1.81. The highest BCUT2D eigenvalue weighted by Crippen LogP contribution is 2.31. The smallest absolute Gasteiger partial charge is 0.0829 e. The van der Waals surface area contributed by atoms with Crippen LogP contribution in [0.15, 0.2) is 18.2 Å². The molecule has 1 atom stereocenters. The van der Waals surface area contributed by atoms with Gasteiger partial charge in [-0.05, 0) is 31.5 Å². The molecule has 0 fully saturated rings. The molecule has 1 aromatic carbocycles. The van der Waals surface area contributed by atoms with E-state index in [1.54, 1.807) is 19.2 Å². The first-order valence-electron chi connectivity index (χ1n) is 4.88. The fourth-order valence-electron chi connectivity index (χ4n) is 1.51. The zero-order valence-corrected chi connectivity index (χ0v) is 11.1. The Balaban J connectivity index is 3.09. The maximum atomic E-state index is 5.97. The van der Waals surface area contributed by atoms with Crippen LogP contribution in [0.25, 0.3) is 0 Å². The molecule has 0 radical (unpaired) electrons. The quantitative estimate of drug-likeness (QED) is 0.648. The summed E-state index contributed by atoms with van der Waals surface area (Å²) in [4.78, 5) is 0. The summed E-state index contributed by atoms with van der Waals surface area (Å²) in [7, 11) is 1.64. The summed E-state index contributed by atoms with van der Waals surface area (Å²) in [5, 5.41) is 1.03. The van der Waals surface area contributed by atoms with Crippen LogP contribution < -0.4 is 11.3 Å². The van der Waals surface area contributed by atoms with E-state index in [1.807, 2.05) is 19.9 Å². The van der Waals surface area contributed by atoms with Crippen molar-refractivity contribution in [3.05, 3.63) is 33.8 Å². The number of nitrogens with two attached hydrogens (primary N) is 1. The molecule has 1 aromatic rings. The monoisotopic (exact) mass is 262 g/mol. The van der Waals surface area contributed by atoms with Crippen LogP contribution in [-0.2, 0) is 4.74 Å². The van der Waals surface area contributed by atoms with E-state index in [4.69, 9.17) is 33.8 Å². The van der Waals surface area contributed by atoms with Crippen molar-refractivity contribution in [2.75, 3.05) is 7.11 Å². The minimum atomic E-state index is -0.439. The van der Waals surface area contributed by atoms with Crippen molar-refractivity contribution < 1.29 is 4.74 Å². The Morgan fingerprint density at radius 3 is 2.38 bits per heavy atom. The van der Waals surface area contributed by atoms with Crippen LogP contribution in [0.2, 0.25) is 10.0 Å². The summed E-state index contributed by atoms with van der Waals surface area (Å²) in [5.41, 5.74) is 3.22. The first-order valence-corrected chi connectivity index (χ1v) is 5.64. The first-order chi connectivity index (χ1) is 7.42. The average molecular weight is 263 g/mol. The molecule has 90 valence electrons. The Kier molecular flexibility index (Phi) is 4.59. The first kappa shape index (κ1) is 13.7. The Labute approximate surface area is 106 Å². The maximum Gasteiger partial charge on any atom is 0.0829 e. The van der Waals surface area contributed by atoms with Crippen molar-refractivity contribution in [1.29, 1.82) is 0 Å². The van der Waals surface area contributed by atoms with E-state index in [1.165, 1.54) is 0 Å². The van der Waals surface area contributed by atoms with E-state index >= 15 is 0 Å². The Morgan fingerprint density at radius 2 is 1.94 bits per heavy atom. The number of hydrogen-bond donors (Lipinski definition) is 2. The summed E-state index contributed by atoms with van der Waals surface area (Å²) >= 11 is 11.8. The lowest BCUT2D eigenvalue weighted by Gasteiger charge is -2.33. The molecule has 0 amide bonds. The highest BCUT2D eigenvalue weighted by Gasteiger charge is 2.30. The van der Waals surface area contributed by atoms with Crippen LogP contribution in [0.4, 0.5) is 0 Å². The van der Waals surface area contributed by atoms with E-state index in [0.29, 0.717) is 10.0 Å². The third-order valence-electron chi connectivity index (χ3n) is 2.66. The Bertz CT molecular complexity index is 369. The second-order valence-corrected chi connectivity index (χ2v) is 4.90. The van der Waals surface area contributed by atoms with Crippen molar-refractivity contribution in [2.24, 2.45) is 5.84 Å². The summed E-state index contributed by atoms with van der Waals surface area (Å²) in [5.74, 6) is 5.55. The van der Waals surface area contributed by atoms with Gasteiger partial charge in [0.05, 0.1) is 21.7 Å². The molecule has 3 nitrogen and oxygen atoms in total. The largest absolute Gasteiger partial charge is 0.377 e. The predicted molar refractivity (Wildman–Crippen MR) is 67.6 cm³/mol. The number of hydrogen-bond acceptors (Lipinski definition) is 3. The van der Waals surface area contributed by atoms with Gasteiger partial charge in [-0.2, -0.15) is 0 Å². The number of benzene rings is 1. The molecule has 1 rings (SSSR count). The molecule has 16 heavy (non-hydrogen) atoms. The third kappa shape index (κ3) is 2.87. The van der Waals surface area contributed by atoms with Gasteiger partial charge in [0.1, 0.15) is 0 Å². The lowest BCUT2D eigenvalue weighted by molar-refractivity contribution is -0.0111. The molecule has 0 spiro atoms. The minimum Gasteiger partial charge on any atom is -0.377 e. The predicted octanol–water partition coefficient (Wildman–Crippen LogP) is 2.92. The van der Waals surface area contributed by atoms with E-state index in [0.717, 1.165) is 5.56 Å². The summed E-state index contributed by atoms with van der Waals surface area (Å²) in [6.07, 6.45) is 0. The zero-order chi connectivity index (χ0) is 12.3. The molecule has 0 aliphatic carbocycles. The Morgan fingerprint density at radius 1 is 1.31 bits per heavy atom. The van der Waals surface area contributed by atoms with Crippen LogP contribution in [0.5, 0.6) is 0 Å². The topological polar surface area (TPSA) is 47.3 Å². The van der Waals surface area contributed by atoms with Crippen molar-refractivity contribution in [2.45, 2.75) is 25.5 Å². The van der Waals surface area contributed by atoms with Gasteiger partial charge in [0.15, 0.2) is 0 Å². The van der Waals surface area contributed by atoms with Crippen LogP contribution >= 0.6 is 23.2 Å². The van der Waals surface area contributed by atoms with Crippen LogP contribution in [-0.4, -0.2) is 12.7 Å². The third-order valence-corrected chi connectivity index (χ3v) is 3.40. The molecular weight excluding hydrogens is 247 g/mol. The number of rotatable bonds is 4. The van der Waals surface area contributed by atoms with E-state index in [-0.39, 0.29) is 6.04 Å². The molecule has 3 N–H and O–H groups in total. The van der Waals surface area contributed by atoms with Crippen LogP contribution in [0.3, 0.4) is 0 Å². The number of ether oxygens (including phenoxy) is 1. The highest BCUT2D eigenvalue weighted by atomic mass is 35.5. The summed E-state index contributed by atoms with van der Waals surface area (Å²) < 4.78 is 5.40. The number of nitrogens with one attached hydrogen (secondary N) is 1. The maximum absolute atomic E-state index is 5.97. The molecule has 5 heteroatoms. The van der Waals surface area contributed by atoms with Gasteiger partial charge in [-0.15, -0.1) is 0 Å². The minimum absolute atomic E-state index is 0.160. The SMILES string of the molecule is COC(C)(C)C(NN)c1ccc(Cl)c(Cl)c1. The molecule has 0 aliphatic heterocycles. The van der Waals surface area contributed by atoms with Gasteiger partial charge in [-0.25, -0.2) is 0 Å². The fraction of sp³-hybridized carbons (Fsp3) is 0.455. The standard InChI is InChI=1S/C11H16Cl2N2O/c1-11(2,16-3)10(15-14)7-4-5-8(12)9(13)6-7/h4-6,10,15H,14H2,1-3H3. The van der Waals surface area contributed by atoms with Crippen molar-refractivity contribution in [1.82, 2.24) is 5.43 Å². The molecule has 0 saturated carbocycles. The summed E-state index contributed by atoms with van der Waals surface area (Å²) in [6.45, 7) is 3.89. The molecule has 0 bridgehead atoms. The van der Waals surface area contributed by atoms with Gasteiger partial charge in [0, 0.05) is 7.11 Å². The number of hydrazine groups is 1. The number of methoxy groups -OCH3 is 1. The molecule has 1 unspecified atom stereocenters. The molecule has 0 saturated heterocycles. The van der Waals surface area contributed by atoms with E-state index < -0.39 is 5.60 Å². The van der Waals surface area contributed by atoms with Gasteiger partial charge in [-0.1, -0.05) is 29.3 Å². The molecular formula is C11H16Cl2N2O. The van der Waals surface area contributed by atoms with Crippen LogP contribution in [0.1, 0.15) is 25.5 Å². The lowest BCUT2D eigenvalue weighted by Crippen LogP contribution is -2.43. The molecule has 0 aliphatic rings. The van der Waals surface area contributed by atoms with Gasteiger partial charge in [0.2, 0.25) is 0 Å². The second-order valence-electron chi connectivity index (χ2n) is 4.08. The molecule has 0 aromatic heterocycles. The Hall–Kier alpha value is -0.320.